The summed E-state index contributed by atoms with van der Waals surface area (Å²) in [6.07, 6.45) is 8.01. The van der Waals surface area contributed by atoms with E-state index in [1.54, 1.807) is 12.4 Å². The average Bonchev–Trinajstić information content (AvgIpc) is 3.32. The standard InChI is InChI=1S/C21H25N5OS/c1-16-4-2-10-25(12-16)14-18-15-28-21(23-18)24-20(27)19-5-3-11-26(19)13-17-6-8-22-9-7-17/h3,5-9,11,15-16H,2,4,10,12-14H2,1H3,(H,23,24,27). The van der Waals surface area contributed by atoms with E-state index in [9.17, 15) is 4.79 Å². The van der Waals surface area contributed by atoms with Crippen LogP contribution in [0.1, 0.15) is 41.5 Å². The monoisotopic (exact) mass is 395 g/mol. The number of piperidine rings is 1. The lowest BCUT2D eigenvalue weighted by molar-refractivity contribution is 0.101. The Morgan fingerprint density at radius 2 is 2.14 bits per heavy atom. The molecular weight excluding hydrogens is 370 g/mol. The maximum atomic E-state index is 12.7. The lowest BCUT2D eigenvalue weighted by atomic mass is 10.0. The number of hydrogen-bond acceptors (Lipinski definition) is 5. The van der Waals surface area contributed by atoms with Crippen molar-refractivity contribution in [3.05, 3.63) is 65.2 Å². The summed E-state index contributed by atoms with van der Waals surface area (Å²) in [6, 6.07) is 7.63. The Balaban J connectivity index is 1.38. The lowest BCUT2D eigenvalue weighted by Crippen LogP contribution is -2.33. The number of hydrogen-bond donors (Lipinski definition) is 1. The van der Waals surface area contributed by atoms with Gasteiger partial charge in [-0.25, -0.2) is 4.98 Å². The molecule has 0 spiro atoms. The second kappa shape index (κ2) is 8.67. The van der Waals surface area contributed by atoms with E-state index >= 15 is 0 Å². The molecule has 0 radical (unpaired) electrons. The first-order chi connectivity index (χ1) is 13.7. The van der Waals surface area contributed by atoms with Crippen LogP contribution < -0.4 is 5.32 Å². The first kappa shape index (κ1) is 18.8. The van der Waals surface area contributed by atoms with E-state index < -0.39 is 0 Å². The van der Waals surface area contributed by atoms with Gasteiger partial charge in [-0.15, -0.1) is 11.3 Å². The summed E-state index contributed by atoms with van der Waals surface area (Å²) in [4.78, 5) is 23.9. The fourth-order valence-corrected chi connectivity index (χ4v) is 4.40. The maximum Gasteiger partial charge on any atom is 0.274 e. The smallest absolute Gasteiger partial charge is 0.274 e. The minimum absolute atomic E-state index is 0.133. The van der Waals surface area contributed by atoms with Gasteiger partial charge in [-0.1, -0.05) is 6.92 Å². The van der Waals surface area contributed by atoms with Gasteiger partial charge in [0.2, 0.25) is 0 Å². The minimum Gasteiger partial charge on any atom is -0.339 e. The van der Waals surface area contributed by atoms with Gasteiger partial charge in [-0.05, 0) is 55.1 Å². The molecule has 3 aromatic heterocycles. The molecule has 1 atom stereocenters. The van der Waals surface area contributed by atoms with Crippen LogP contribution in [0, 0.1) is 5.92 Å². The van der Waals surface area contributed by atoms with Crippen LogP contribution in [-0.4, -0.2) is 38.4 Å². The van der Waals surface area contributed by atoms with Crippen LogP contribution in [0.3, 0.4) is 0 Å². The molecule has 146 valence electrons. The Hall–Kier alpha value is -2.51. The Morgan fingerprint density at radius 1 is 1.29 bits per heavy atom. The van der Waals surface area contributed by atoms with Crippen molar-refractivity contribution < 1.29 is 4.79 Å². The van der Waals surface area contributed by atoms with Gasteiger partial charge in [-0.2, -0.15) is 0 Å². The molecule has 0 bridgehead atoms. The van der Waals surface area contributed by atoms with E-state index in [1.807, 2.05) is 40.4 Å². The second-order valence-electron chi connectivity index (χ2n) is 7.46. The molecule has 0 aromatic carbocycles. The van der Waals surface area contributed by atoms with Crippen LogP contribution in [0.4, 0.5) is 5.13 Å². The molecule has 1 fully saturated rings. The van der Waals surface area contributed by atoms with Crippen molar-refractivity contribution in [1.82, 2.24) is 19.4 Å². The number of pyridine rings is 1. The summed E-state index contributed by atoms with van der Waals surface area (Å²) in [5.41, 5.74) is 2.76. The lowest BCUT2D eigenvalue weighted by Gasteiger charge is -2.30. The van der Waals surface area contributed by atoms with E-state index in [1.165, 1.54) is 24.2 Å². The fraction of sp³-hybridized carbons (Fsp3) is 0.381. The zero-order valence-corrected chi connectivity index (χ0v) is 16.9. The predicted molar refractivity (Wildman–Crippen MR) is 112 cm³/mol. The van der Waals surface area contributed by atoms with E-state index in [-0.39, 0.29) is 5.91 Å². The van der Waals surface area contributed by atoms with Gasteiger partial charge in [0, 0.05) is 43.6 Å². The zero-order valence-electron chi connectivity index (χ0n) is 16.0. The van der Waals surface area contributed by atoms with Crippen molar-refractivity contribution in [3.8, 4) is 0 Å². The predicted octanol–water partition coefficient (Wildman–Crippen LogP) is 3.87. The summed E-state index contributed by atoms with van der Waals surface area (Å²) in [5, 5.41) is 5.65. The molecule has 1 amide bonds. The van der Waals surface area contributed by atoms with Crippen molar-refractivity contribution in [2.45, 2.75) is 32.9 Å². The van der Waals surface area contributed by atoms with Crippen LogP contribution >= 0.6 is 11.3 Å². The van der Waals surface area contributed by atoms with E-state index in [4.69, 9.17) is 0 Å². The number of amides is 1. The Bertz CT molecular complexity index is 920. The Labute approximate surface area is 169 Å². The first-order valence-corrected chi connectivity index (χ1v) is 10.6. The van der Waals surface area contributed by atoms with Gasteiger partial charge >= 0.3 is 0 Å². The highest BCUT2D eigenvalue weighted by atomic mass is 32.1. The maximum absolute atomic E-state index is 12.7. The van der Waals surface area contributed by atoms with Gasteiger partial charge < -0.3 is 4.57 Å². The third kappa shape index (κ3) is 4.66. The third-order valence-corrected chi connectivity index (χ3v) is 5.87. The number of carbonyl (C=O) groups excluding carboxylic acids is 1. The van der Waals surface area contributed by atoms with Crippen molar-refractivity contribution >= 4 is 22.4 Å². The quantitative estimate of drug-likeness (QED) is 0.688. The molecule has 1 aliphatic heterocycles. The number of likely N-dealkylation sites (tertiary alicyclic amines) is 1. The summed E-state index contributed by atoms with van der Waals surface area (Å²) in [7, 11) is 0. The van der Waals surface area contributed by atoms with Gasteiger partial charge in [0.15, 0.2) is 5.13 Å². The summed E-state index contributed by atoms with van der Waals surface area (Å²) in [5.74, 6) is 0.617. The molecule has 7 heteroatoms. The van der Waals surface area contributed by atoms with Crippen LogP contribution in [0.2, 0.25) is 0 Å². The van der Waals surface area contributed by atoms with E-state index in [2.05, 4.69) is 27.1 Å². The highest BCUT2D eigenvalue weighted by Crippen LogP contribution is 2.21. The van der Waals surface area contributed by atoms with Crippen molar-refractivity contribution in [3.63, 3.8) is 0 Å². The second-order valence-corrected chi connectivity index (χ2v) is 8.32. The normalized spacial score (nSPS) is 17.5. The molecule has 4 heterocycles. The molecule has 1 unspecified atom stereocenters. The Morgan fingerprint density at radius 3 is 2.96 bits per heavy atom. The molecule has 1 N–H and O–H groups in total. The van der Waals surface area contributed by atoms with Gasteiger partial charge in [-0.3, -0.25) is 20.0 Å². The van der Waals surface area contributed by atoms with Crippen LogP contribution in [0.15, 0.2) is 48.2 Å². The number of thiazole rings is 1. The first-order valence-electron chi connectivity index (χ1n) is 9.69. The van der Waals surface area contributed by atoms with E-state index in [0.717, 1.165) is 36.8 Å². The van der Waals surface area contributed by atoms with E-state index in [0.29, 0.717) is 17.4 Å². The van der Waals surface area contributed by atoms with Gasteiger partial charge in [0.25, 0.3) is 5.91 Å². The molecule has 3 aromatic rings. The molecule has 6 nitrogen and oxygen atoms in total. The molecule has 4 rings (SSSR count). The summed E-state index contributed by atoms with van der Waals surface area (Å²) >= 11 is 1.49. The average molecular weight is 396 g/mol. The molecular formula is C21H25N5OS. The van der Waals surface area contributed by atoms with Crippen LogP contribution in [-0.2, 0) is 13.1 Å². The minimum atomic E-state index is -0.133. The SMILES string of the molecule is CC1CCCN(Cc2csc(NC(=O)c3cccn3Cc3ccncc3)n2)C1. The molecule has 1 saturated heterocycles. The van der Waals surface area contributed by atoms with Crippen LogP contribution in [0.5, 0.6) is 0 Å². The Kier molecular flexibility index (Phi) is 5.83. The zero-order chi connectivity index (χ0) is 19.3. The number of carbonyl (C=O) groups is 1. The highest BCUT2D eigenvalue weighted by molar-refractivity contribution is 7.13. The number of anilines is 1. The van der Waals surface area contributed by atoms with Crippen molar-refractivity contribution in [1.29, 1.82) is 0 Å². The van der Waals surface area contributed by atoms with Gasteiger partial charge in [0.1, 0.15) is 5.69 Å². The van der Waals surface area contributed by atoms with Gasteiger partial charge in [0.05, 0.1) is 5.69 Å². The molecule has 1 aliphatic rings. The topological polar surface area (TPSA) is 63.1 Å². The third-order valence-electron chi connectivity index (χ3n) is 5.06. The van der Waals surface area contributed by atoms with Crippen molar-refractivity contribution in [2.75, 3.05) is 18.4 Å². The molecule has 0 saturated carbocycles. The number of nitrogens with zero attached hydrogens (tertiary/aromatic N) is 4. The fourth-order valence-electron chi connectivity index (χ4n) is 3.70. The summed E-state index contributed by atoms with van der Waals surface area (Å²) in [6.45, 7) is 6.05. The number of rotatable bonds is 6. The van der Waals surface area contributed by atoms with Crippen molar-refractivity contribution in [2.24, 2.45) is 5.92 Å². The van der Waals surface area contributed by atoms with Crippen LogP contribution in [0.25, 0.3) is 0 Å². The largest absolute Gasteiger partial charge is 0.339 e. The summed E-state index contributed by atoms with van der Waals surface area (Å²) < 4.78 is 1.94. The number of nitrogens with one attached hydrogen (secondary N) is 1. The molecule has 0 aliphatic carbocycles. The highest BCUT2D eigenvalue weighted by Gasteiger charge is 2.18. The number of aromatic nitrogens is 3. The molecule has 28 heavy (non-hydrogen) atoms.